The van der Waals surface area contributed by atoms with Crippen molar-refractivity contribution in [2.45, 2.75) is 19.4 Å². The van der Waals surface area contributed by atoms with Gasteiger partial charge in [-0.25, -0.2) is 4.79 Å². The molecule has 1 saturated heterocycles. The highest BCUT2D eigenvalue weighted by Crippen LogP contribution is 2.26. The number of aromatic carboxylic acids is 1. The van der Waals surface area contributed by atoms with Crippen LogP contribution >= 0.6 is 0 Å². The van der Waals surface area contributed by atoms with Crippen molar-refractivity contribution in [2.75, 3.05) is 19.0 Å². The van der Waals surface area contributed by atoms with E-state index in [0.29, 0.717) is 18.8 Å². The van der Waals surface area contributed by atoms with Gasteiger partial charge in [0.1, 0.15) is 5.75 Å². The zero-order chi connectivity index (χ0) is 14.7. The number of anilines is 1. The molecule has 0 aromatic heterocycles. The minimum Gasteiger partial charge on any atom is -0.497 e. The minimum atomic E-state index is -1.12. The minimum absolute atomic E-state index is 0.00395. The topological polar surface area (TPSA) is 84.9 Å². The maximum atomic E-state index is 12.1. The summed E-state index contributed by atoms with van der Waals surface area (Å²) in [5, 5.41) is 11.8. The average molecular weight is 279 g/mol. The highest BCUT2D eigenvalue weighted by atomic mass is 16.5. The van der Waals surface area contributed by atoms with Gasteiger partial charge in [0.2, 0.25) is 5.91 Å². The molecule has 108 valence electrons. The van der Waals surface area contributed by atoms with Crippen LogP contribution in [0.2, 0.25) is 0 Å². The SMILES string of the molecule is COc1ccc(NC(=O)C2CCOC2C)c(C(=O)O)c1. The van der Waals surface area contributed by atoms with E-state index in [1.54, 1.807) is 6.07 Å². The molecule has 6 heteroatoms. The lowest BCUT2D eigenvalue weighted by atomic mass is 10.0. The smallest absolute Gasteiger partial charge is 0.337 e. The molecule has 1 aliphatic heterocycles. The zero-order valence-electron chi connectivity index (χ0n) is 11.4. The lowest BCUT2D eigenvalue weighted by molar-refractivity contribution is -0.121. The van der Waals surface area contributed by atoms with Crippen molar-refractivity contribution >= 4 is 17.6 Å². The molecule has 0 aliphatic carbocycles. The molecule has 0 saturated carbocycles. The number of hydrogen-bond acceptors (Lipinski definition) is 4. The summed E-state index contributed by atoms with van der Waals surface area (Å²) in [5.41, 5.74) is 0.270. The quantitative estimate of drug-likeness (QED) is 0.877. The Morgan fingerprint density at radius 1 is 1.45 bits per heavy atom. The monoisotopic (exact) mass is 279 g/mol. The van der Waals surface area contributed by atoms with Gasteiger partial charge in [0.05, 0.1) is 30.4 Å². The first kappa shape index (κ1) is 14.3. The van der Waals surface area contributed by atoms with Gasteiger partial charge in [-0.2, -0.15) is 0 Å². The summed E-state index contributed by atoms with van der Waals surface area (Å²) in [6, 6.07) is 4.52. The third-order valence-corrected chi connectivity index (χ3v) is 3.43. The molecule has 20 heavy (non-hydrogen) atoms. The molecule has 1 aliphatic rings. The number of hydrogen-bond donors (Lipinski definition) is 2. The van der Waals surface area contributed by atoms with Crippen LogP contribution in [-0.4, -0.2) is 36.8 Å². The van der Waals surface area contributed by atoms with Crippen molar-refractivity contribution < 1.29 is 24.2 Å². The van der Waals surface area contributed by atoms with Crippen LogP contribution in [0.15, 0.2) is 18.2 Å². The Kier molecular flexibility index (Phi) is 4.24. The van der Waals surface area contributed by atoms with E-state index >= 15 is 0 Å². The molecule has 0 radical (unpaired) electrons. The van der Waals surface area contributed by atoms with Gasteiger partial charge in [-0.05, 0) is 31.5 Å². The molecule has 2 atom stereocenters. The van der Waals surface area contributed by atoms with Crippen LogP contribution in [0.5, 0.6) is 5.75 Å². The summed E-state index contributed by atoms with van der Waals surface area (Å²) in [5.74, 6) is -1.16. The standard InChI is InChI=1S/C14H17NO5/c1-8-10(5-6-20-8)13(16)15-12-4-3-9(19-2)7-11(12)14(17)18/h3-4,7-8,10H,5-6H2,1-2H3,(H,15,16)(H,17,18). The van der Waals surface area contributed by atoms with Crippen molar-refractivity contribution in [1.82, 2.24) is 0 Å². The lowest BCUT2D eigenvalue weighted by Gasteiger charge is -2.15. The predicted molar refractivity (Wildman–Crippen MR) is 72.1 cm³/mol. The van der Waals surface area contributed by atoms with E-state index in [-0.39, 0.29) is 29.2 Å². The summed E-state index contributed by atoms with van der Waals surface area (Å²) in [6.45, 7) is 2.39. The predicted octanol–water partition coefficient (Wildman–Crippen LogP) is 1.76. The van der Waals surface area contributed by atoms with Gasteiger partial charge in [-0.1, -0.05) is 0 Å². The normalized spacial score (nSPS) is 21.5. The van der Waals surface area contributed by atoms with Crippen LogP contribution in [0.3, 0.4) is 0 Å². The van der Waals surface area contributed by atoms with Crippen molar-refractivity contribution in [1.29, 1.82) is 0 Å². The van der Waals surface area contributed by atoms with Crippen LogP contribution in [0.1, 0.15) is 23.7 Å². The van der Waals surface area contributed by atoms with Gasteiger partial charge >= 0.3 is 5.97 Å². The molecule has 1 amide bonds. The van der Waals surface area contributed by atoms with Gasteiger partial charge in [0, 0.05) is 6.61 Å². The second-order valence-corrected chi connectivity index (χ2v) is 4.68. The molecular formula is C14H17NO5. The zero-order valence-corrected chi connectivity index (χ0v) is 11.4. The van der Waals surface area contributed by atoms with Crippen LogP contribution in [0, 0.1) is 5.92 Å². The van der Waals surface area contributed by atoms with E-state index in [4.69, 9.17) is 9.47 Å². The number of benzene rings is 1. The number of carbonyl (C=O) groups is 2. The van der Waals surface area contributed by atoms with E-state index in [2.05, 4.69) is 5.32 Å². The molecular weight excluding hydrogens is 262 g/mol. The molecule has 1 heterocycles. The molecule has 2 rings (SSSR count). The Morgan fingerprint density at radius 2 is 2.20 bits per heavy atom. The summed E-state index contributed by atoms with van der Waals surface area (Å²) in [7, 11) is 1.46. The molecule has 2 unspecified atom stereocenters. The number of nitrogens with one attached hydrogen (secondary N) is 1. The summed E-state index contributed by atoms with van der Waals surface area (Å²) >= 11 is 0. The number of rotatable bonds is 4. The highest BCUT2D eigenvalue weighted by Gasteiger charge is 2.31. The second-order valence-electron chi connectivity index (χ2n) is 4.68. The van der Waals surface area contributed by atoms with Gasteiger partial charge in [0.15, 0.2) is 0 Å². The fourth-order valence-corrected chi connectivity index (χ4v) is 2.24. The Labute approximate surface area is 116 Å². The maximum absolute atomic E-state index is 12.1. The fraction of sp³-hybridized carbons (Fsp3) is 0.429. The summed E-state index contributed by atoms with van der Waals surface area (Å²) in [4.78, 5) is 23.4. The van der Waals surface area contributed by atoms with Crippen LogP contribution < -0.4 is 10.1 Å². The summed E-state index contributed by atoms with van der Waals surface area (Å²) in [6.07, 6.45) is 0.493. The number of methoxy groups -OCH3 is 1. The molecule has 1 fully saturated rings. The third-order valence-electron chi connectivity index (χ3n) is 3.43. The summed E-state index contributed by atoms with van der Waals surface area (Å²) < 4.78 is 10.3. The van der Waals surface area contributed by atoms with Gasteiger partial charge < -0.3 is 19.9 Å². The van der Waals surface area contributed by atoms with Crippen molar-refractivity contribution in [2.24, 2.45) is 5.92 Å². The molecule has 0 spiro atoms. The molecule has 2 N–H and O–H groups in total. The van der Waals surface area contributed by atoms with Crippen LogP contribution in [0.4, 0.5) is 5.69 Å². The average Bonchev–Trinajstić information content (AvgIpc) is 2.85. The van der Waals surface area contributed by atoms with Crippen molar-refractivity contribution in [3.05, 3.63) is 23.8 Å². The lowest BCUT2D eigenvalue weighted by Crippen LogP contribution is -2.28. The number of amides is 1. The highest BCUT2D eigenvalue weighted by molar-refractivity contribution is 6.01. The van der Waals surface area contributed by atoms with Gasteiger partial charge in [0.25, 0.3) is 0 Å². The van der Waals surface area contributed by atoms with Gasteiger partial charge in [-0.15, -0.1) is 0 Å². The Morgan fingerprint density at radius 3 is 2.75 bits per heavy atom. The first-order chi connectivity index (χ1) is 9.52. The largest absolute Gasteiger partial charge is 0.497 e. The van der Waals surface area contributed by atoms with Crippen molar-refractivity contribution in [3.63, 3.8) is 0 Å². The third kappa shape index (κ3) is 2.91. The first-order valence-corrected chi connectivity index (χ1v) is 6.36. The number of ether oxygens (including phenoxy) is 2. The number of carboxylic acid groups (broad SMARTS) is 1. The van der Waals surface area contributed by atoms with E-state index in [0.717, 1.165) is 0 Å². The van der Waals surface area contributed by atoms with E-state index < -0.39 is 5.97 Å². The van der Waals surface area contributed by atoms with Crippen molar-refractivity contribution in [3.8, 4) is 5.75 Å². The second kappa shape index (κ2) is 5.92. The maximum Gasteiger partial charge on any atom is 0.337 e. The fourth-order valence-electron chi connectivity index (χ4n) is 2.24. The molecule has 1 aromatic carbocycles. The molecule has 1 aromatic rings. The Hall–Kier alpha value is -2.08. The van der Waals surface area contributed by atoms with E-state index in [1.165, 1.54) is 19.2 Å². The number of carboxylic acids is 1. The Balaban J connectivity index is 2.20. The van der Waals surface area contributed by atoms with E-state index in [1.807, 2.05) is 6.92 Å². The molecule has 6 nitrogen and oxygen atoms in total. The van der Waals surface area contributed by atoms with Gasteiger partial charge in [-0.3, -0.25) is 4.79 Å². The van der Waals surface area contributed by atoms with Crippen LogP contribution in [0.25, 0.3) is 0 Å². The Bertz CT molecular complexity index is 528. The van der Waals surface area contributed by atoms with Crippen LogP contribution in [-0.2, 0) is 9.53 Å². The molecule has 0 bridgehead atoms. The first-order valence-electron chi connectivity index (χ1n) is 6.36. The number of carbonyl (C=O) groups excluding carboxylic acids is 1. The van der Waals surface area contributed by atoms with E-state index in [9.17, 15) is 14.7 Å².